The predicted molar refractivity (Wildman–Crippen MR) is 518 cm³/mol. The molecule has 18 aromatic rings. The molecule has 0 radical (unpaired) electrons. The molecule has 0 N–H and O–H groups in total. The zero-order valence-electron chi connectivity index (χ0n) is 73.1. The van der Waals surface area contributed by atoms with Gasteiger partial charge in [0.1, 0.15) is 0 Å². The van der Waals surface area contributed by atoms with E-state index in [1.807, 2.05) is 245 Å². The molecular weight excluding hydrogens is 1560 g/mol. The molecule has 0 bridgehead atoms. The van der Waals surface area contributed by atoms with Crippen molar-refractivity contribution >= 4 is 88.0 Å². The minimum atomic E-state index is -0.106. The van der Waals surface area contributed by atoms with Gasteiger partial charge in [-0.25, -0.2) is 0 Å². The Balaban J connectivity index is 0.000000101. The second-order valence-corrected chi connectivity index (χ2v) is 36.6. The molecule has 126 heavy (non-hydrogen) atoms. The fraction of sp³-hybridized carbons (Fsp3) is 0.136. The van der Waals surface area contributed by atoms with Crippen molar-refractivity contribution in [2.45, 2.75) is 106 Å². The number of carbonyl (C=O) groups excluding carboxylic acids is 6. The molecule has 0 unspecified atom stereocenters. The molecule has 16 aromatic carbocycles. The summed E-state index contributed by atoms with van der Waals surface area (Å²) in [6, 6.07) is 114. The molecular formula is C118H95NO6S. The fourth-order valence-electron chi connectivity index (χ4n) is 19.7. The number of para-hydroxylation sites is 1. The fourth-order valence-corrected chi connectivity index (χ4v) is 20.9. The van der Waals surface area contributed by atoms with Gasteiger partial charge in [0.2, 0.25) is 0 Å². The molecule has 6 aliphatic rings. The molecule has 614 valence electrons. The molecule has 0 spiro atoms. The van der Waals surface area contributed by atoms with Crippen molar-refractivity contribution in [1.29, 1.82) is 0 Å². The quantitative estimate of drug-likeness (QED) is 0.162. The van der Waals surface area contributed by atoms with Gasteiger partial charge >= 0.3 is 0 Å². The maximum atomic E-state index is 12.5. The normalized spacial score (nSPS) is 13.9. The van der Waals surface area contributed by atoms with Crippen LogP contribution in [-0.2, 0) is 16.2 Å². The van der Waals surface area contributed by atoms with E-state index in [4.69, 9.17) is 0 Å². The highest BCUT2D eigenvalue weighted by Gasteiger charge is 2.40. The standard InChI is InChI=1S/C25H17NS.3C17H16O.3C14H10O/c1-16-11-12-18-20-14-21-19-9-5-6-10-24(19)27-25(21)15-23(20)26(22(18)13-16)17-7-3-2-4-8-17;1-11-7-6-9-13-15(11)17(2,3)14-10-5-4-8-12(14)16(13)18;1-11-8-9-15-13(10-11)16(18)12-6-4-5-7-14(12)17(15,2)3;1-11-8-9-13-15(10-11)17(2,3)14-7-5-4-6-12(14)16(13)18;1-9-5-4-8-12-13(9)10-6-2-3-7-11(10)14(12)15;1-9-6-7-11-10-4-2-3-5-12(10)14(15)13(11)8-9;1-9-6-7-12-13(8-9)10-4-2-3-5-11(10)14(12)15/h2-15H,1H3;3*4-10H,1-3H3;3*2-8H,1H3. The highest BCUT2D eigenvalue weighted by atomic mass is 32.1. The number of hydrogen-bond acceptors (Lipinski definition) is 7. The van der Waals surface area contributed by atoms with Crippen molar-refractivity contribution in [1.82, 2.24) is 4.57 Å². The van der Waals surface area contributed by atoms with Crippen molar-refractivity contribution in [3.05, 3.63) is 479 Å². The molecule has 0 aliphatic heterocycles. The van der Waals surface area contributed by atoms with E-state index in [0.29, 0.717) is 0 Å². The second kappa shape index (κ2) is 32.7. The number of thiophene rings is 1. The van der Waals surface area contributed by atoms with Crippen LogP contribution in [0.1, 0.15) is 209 Å². The molecule has 6 aliphatic carbocycles. The van der Waals surface area contributed by atoms with Crippen molar-refractivity contribution in [2.75, 3.05) is 0 Å². The smallest absolute Gasteiger partial charge is 0.194 e. The van der Waals surface area contributed by atoms with Crippen molar-refractivity contribution < 1.29 is 28.8 Å². The van der Waals surface area contributed by atoms with Gasteiger partial charge in [0.15, 0.2) is 34.7 Å². The van der Waals surface area contributed by atoms with Crippen molar-refractivity contribution in [2.24, 2.45) is 0 Å². The van der Waals surface area contributed by atoms with E-state index < -0.39 is 0 Å². The van der Waals surface area contributed by atoms with Gasteiger partial charge in [0.05, 0.1) is 11.0 Å². The van der Waals surface area contributed by atoms with Crippen LogP contribution in [0.2, 0.25) is 0 Å². The minimum absolute atomic E-state index is 0.104. The summed E-state index contributed by atoms with van der Waals surface area (Å²) >= 11 is 1.88. The van der Waals surface area contributed by atoms with Crippen molar-refractivity contribution in [3.8, 4) is 39.1 Å². The molecule has 24 rings (SSSR count). The van der Waals surface area contributed by atoms with Crippen LogP contribution in [0.5, 0.6) is 0 Å². The number of benzene rings is 16. The Hall–Kier alpha value is -14.4. The van der Waals surface area contributed by atoms with E-state index in [9.17, 15) is 28.8 Å². The Morgan fingerprint density at radius 3 is 1.21 bits per heavy atom. The van der Waals surface area contributed by atoms with Gasteiger partial charge in [-0.3, -0.25) is 28.8 Å². The summed E-state index contributed by atoms with van der Waals surface area (Å²) in [7, 11) is 0. The summed E-state index contributed by atoms with van der Waals surface area (Å²) in [6.07, 6.45) is 0. The highest BCUT2D eigenvalue weighted by molar-refractivity contribution is 7.25. The molecule has 2 aromatic heterocycles. The number of aromatic nitrogens is 1. The predicted octanol–water partition coefficient (Wildman–Crippen LogP) is 28.7. The Morgan fingerprint density at radius 1 is 0.214 bits per heavy atom. The van der Waals surface area contributed by atoms with Crippen LogP contribution >= 0.6 is 11.3 Å². The van der Waals surface area contributed by atoms with Gasteiger partial charge in [-0.1, -0.05) is 355 Å². The van der Waals surface area contributed by atoms with E-state index in [1.54, 1.807) is 0 Å². The minimum Gasteiger partial charge on any atom is -0.309 e. The van der Waals surface area contributed by atoms with Gasteiger partial charge in [0, 0.05) is 120 Å². The highest BCUT2D eigenvalue weighted by Crippen LogP contribution is 2.48. The summed E-state index contributed by atoms with van der Waals surface area (Å²) in [5, 5.41) is 5.35. The van der Waals surface area contributed by atoms with Crippen LogP contribution in [0, 0.1) is 48.5 Å². The Labute approximate surface area is 740 Å². The lowest BCUT2D eigenvalue weighted by Gasteiger charge is -2.35. The molecule has 0 fully saturated rings. The first kappa shape index (κ1) is 82.5. The number of aryl methyl sites for hydroxylation is 7. The zero-order valence-corrected chi connectivity index (χ0v) is 74.0. The lowest BCUT2D eigenvalue weighted by molar-refractivity contribution is 0.102. The molecule has 0 atom stereocenters. The van der Waals surface area contributed by atoms with Gasteiger partial charge in [-0.05, 0) is 180 Å². The Kier molecular flexibility index (Phi) is 21.4. The first-order valence-electron chi connectivity index (χ1n) is 43.1. The summed E-state index contributed by atoms with van der Waals surface area (Å²) in [6.45, 7) is 27.6. The first-order chi connectivity index (χ1) is 60.7. The van der Waals surface area contributed by atoms with Crippen LogP contribution in [0.25, 0.3) is 81.0 Å². The largest absolute Gasteiger partial charge is 0.309 e. The number of fused-ring (bicyclic) bond motifs is 21. The third-order valence-electron chi connectivity index (χ3n) is 26.0. The van der Waals surface area contributed by atoms with Gasteiger partial charge in [-0.15, -0.1) is 11.3 Å². The molecule has 8 heteroatoms. The van der Waals surface area contributed by atoms with Crippen molar-refractivity contribution in [3.63, 3.8) is 0 Å². The maximum absolute atomic E-state index is 12.5. The number of rotatable bonds is 1. The summed E-state index contributed by atoms with van der Waals surface area (Å²) < 4.78 is 5.11. The molecule has 0 saturated heterocycles. The Bertz CT molecular complexity index is 7560. The zero-order chi connectivity index (χ0) is 87.9. The van der Waals surface area contributed by atoms with Gasteiger partial charge in [0.25, 0.3) is 0 Å². The molecule has 0 saturated carbocycles. The van der Waals surface area contributed by atoms with Crippen LogP contribution in [-0.4, -0.2) is 39.3 Å². The molecule has 7 nitrogen and oxygen atoms in total. The van der Waals surface area contributed by atoms with E-state index in [0.717, 1.165) is 139 Å². The molecule has 2 heterocycles. The van der Waals surface area contributed by atoms with Gasteiger partial charge in [-0.2, -0.15) is 0 Å². The maximum Gasteiger partial charge on any atom is 0.194 e. The average Bonchev–Trinajstić information content (AvgIpc) is 1.40. The second-order valence-electron chi connectivity index (χ2n) is 35.5. The lowest BCUT2D eigenvalue weighted by Crippen LogP contribution is -2.31. The topological polar surface area (TPSA) is 107 Å². The number of ketones is 6. The van der Waals surface area contributed by atoms with E-state index in [2.05, 4.69) is 200 Å². The number of carbonyl (C=O) groups is 6. The summed E-state index contributed by atoms with van der Waals surface area (Å²) in [4.78, 5) is 73.7. The number of nitrogens with zero attached hydrogens (tertiary/aromatic N) is 1. The lowest BCUT2D eigenvalue weighted by atomic mass is 9.67. The van der Waals surface area contributed by atoms with E-state index >= 15 is 0 Å². The Morgan fingerprint density at radius 2 is 0.587 bits per heavy atom. The SMILES string of the molecule is Cc1ccc2c(c1)-c1ccccc1C2=O.Cc1ccc2c(c1)C(=O)c1ccccc1-2.Cc1ccc2c(c1)C(=O)c1ccccc1C2(C)C.Cc1ccc2c(c1)C(C)(C)c1ccccc1C2=O.Cc1ccc2c3cc4c(cc3n(-c3ccccc3)c2c1)sc1ccccc14.Cc1cccc2c1-c1ccccc1C2=O.Cc1cccc2c1C(C)(C)c1ccccc1C2=O. The van der Waals surface area contributed by atoms with E-state index in [-0.39, 0.29) is 50.9 Å². The summed E-state index contributed by atoms with van der Waals surface area (Å²) in [5.74, 6) is 0.932. The monoisotopic (exact) mass is 1650 g/mol. The van der Waals surface area contributed by atoms with Gasteiger partial charge < -0.3 is 4.57 Å². The number of hydrogen-bond donors (Lipinski definition) is 0. The van der Waals surface area contributed by atoms with Crippen LogP contribution in [0.15, 0.2) is 340 Å². The van der Waals surface area contributed by atoms with E-state index in [1.165, 1.54) is 81.0 Å². The van der Waals surface area contributed by atoms with Crippen LogP contribution < -0.4 is 0 Å². The summed E-state index contributed by atoms with van der Waals surface area (Å²) in [5.41, 5.74) is 35.2. The molecule has 0 amide bonds. The third kappa shape index (κ3) is 14.4. The first-order valence-corrected chi connectivity index (χ1v) is 43.9. The average molecular weight is 1660 g/mol. The van der Waals surface area contributed by atoms with Crippen LogP contribution in [0.4, 0.5) is 0 Å². The van der Waals surface area contributed by atoms with Crippen LogP contribution in [0.3, 0.4) is 0 Å². The third-order valence-corrected chi connectivity index (χ3v) is 27.2.